The molecule has 0 fully saturated rings. The molecule has 0 spiro atoms. The van der Waals surface area contributed by atoms with Crippen molar-refractivity contribution in [3.63, 3.8) is 0 Å². The van der Waals surface area contributed by atoms with Crippen LogP contribution in [0.4, 0.5) is 5.69 Å². The van der Waals surface area contributed by atoms with Gasteiger partial charge in [0.1, 0.15) is 12.6 Å². The maximum Gasteiger partial charge on any atom is 0.264 e. The summed E-state index contributed by atoms with van der Waals surface area (Å²) < 4.78 is 28.5. The highest BCUT2D eigenvalue weighted by atomic mass is 35.5. The zero-order valence-corrected chi connectivity index (χ0v) is 24.3. The predicted molar refractivity (Wildman–Crippen MR) is 153 cm³/mol. The molecule has 0 aliphatic carbocycles. The van der Waals surface area contributed by atoms with Crippen LogP contribution in [-0.2, 0) is 26.2 Å². The summed E-state index contributed by atoms with van der Waals surface area (Å²) in [5.41, 5.74) is 0.435. The third kappa shape index (κ3) is 6.74. The monoisotopic (exact) mass is 615 g/mol. The maximum absolute atomic E-state index is 13.9. The van der Waals surface area contributed by atoms with Gasteiger partial charge in [-0.2, -0.15) is 0 Å². The van der Waals surface area contributed by atoms with E-state index in [9.17, 15) is 18.0 Å². The molecular formula is C26H25Cl4N3O4S. The molecule has 2 amide bonds. The molecular weight excluding hydrogens is 592 g/mol. The fourth-order valence-corrected chi connectivity index (χ4v) is 6.25. The van der Waals surface area contributed by atoms with Gasteiger partial charge in [-0.1, -0.05) is 77.6 Å². The minimum absolute atomic E-state index is 0.0140. The van der Waals surface area contributed by atoms with Gasteiger partial charge in [0.15, 0.2) is 0 Å². The van der Waals surface area contributed by atoms with Gasteiger partial charge < -0.3 is 10.2 Å². The normalized spacial score (nSPS) is 12.1. The van der Waals surface area contributed by atoms with E-state index in [-0.39, 0.29) is 33.6 Å². The molecule has 0 radical (unpaired) electrons. The van der Waals surface area contributed by atoms with E-state index in [0.717, 1.165) is 4.31 Å². The van der Waals surface area contributed by atoms with Crippen LogP contribution in [0.1, 0.15) is 18.9 Å². The molecule has 3 aromatic carbocycles. The van der Waals surface area contributed by atoms with Crippen molar-refractivity contribution in [3.05, 3.63) is 92.4 Å². The van der Waals surface area contributed by atoms with E-state index in [2.05, 4.69) is 5.32 Å². The Morgan fingerprint density at radius 2 is 1.53 bits per heavy atom. The molecule has 3 rings (SSSR count). The van der Waals surface area contributed by atoms with Gasteiger partial charge in [0.25, 0.3) is 10.0 Å². The second-order valence-corrected chi connectivity index (χ2v) is 11.7. The first kappa shape index (κ1) is 30.1. The summed E-state index contributed by atoms with van der Waals surface area (Å²) in [5.74, 6) is -1.10. The molecule has 1 atom stereocenters. The summed E-state index contributed by atoms with van der Waals surface area (Å²) in [6.07, 6.45) is 0.247. The van der Waals surface area contributed by atoms with Crippen molar-refractivity contribution in [2.24, 2.45) is 0 Å². The number of hydrogen-bond acceptors (Lipinski definition) is 4. The first-order valence-electron chi connectivity index (χ1n) is 11.5. The molecule has 0 saturated heterocycles. The number of likely N-dealkylation sites (N-methyl/N-ethyl adjacent to an activating group) is 1. The summed E-state index contributed by atoms with van der Waals surface area (Å²) in [7, 11) is -2.83. The van der Waals surface area contributed by atoms with E-state index < -0.39 is 34.4 Å². The van der Waals surface area contributed by atoms with Crippen LogP contribution < -0.4 is 9.62 Å². The second kappa shape index (κ2) is 13.0. The van der Waals surface area contributed by atoms with E-state index in [1.165, 1.54) is 42.3 Å². The molecule has 3 aromatic rings. The highest BCUT2D eigenvalue weighted by Crippen LogP contribution is 2.34. The van der Waals surface area contributed by atoms with Crippen molar-refractivity contribution in [2.45, 2.75) is 30.8 Å². The number of benzene rings is 3. The Labute approximate surface area is 242 Å². The number of rotatable bonds is 10. The lowest BCUT2D eigenvalue weighted by Gasteiger charge is -2.33. The molecule has 1 N–H and O–H groups in total. The van der Waals surface area contributed by atoms with Crippen molar-refractivity contribution >= 4 is 73.9 Å². The number of hydrogen-bond donors (Lipinski definition) is 1. The zero-order chi connectivity index (χ0) is 28.0. The fourth-order valence-electron chi connectivity index (χ4n) is 3.85. The van der Waals surface area contributed by atoms with Crippen LogP contribution in [0.25, 0.3) is 0 Å². The molecule has 0 aliphatic rings. The standard InChI is InChI=1S/C26H25Cl4N3O4S/c1-3-23(26(35)31-2)32(15-19-20(28)10-7-11-21(19)29)25(34)16-33(24-14-17(27)12-13-22(24)30)38(36,37)18-8-5-4-6-9-18/h4-14,23H,3,15-16H2,1-2H3,(H,31,35). The topological polar surface area (TPSA) is 86.8 Å². The van der Waals surface area contributed by atoms with E-state index >= 15 is 0 Å². The average Bonchev–Trinajstić information content (AvgIpc) is 2.90. The van der Waals surface area contributed by atoms with Crippen LogP contribution in [0.15, 0.2) is 71.6 Å². The summed E-state index contributed by atoms with van der Waals surface area (Å²) in [6, 6.07) is 15.9. The number of halogens is 4. The molecule has 12 heteroatoms. The Kier molecular flexibility index (Phi) is 10.3. The number of nitrogens with zero attached hydrogens (tertiary/aromatic N) is 2. The fraction of sp³-hybridized carbons (Fsp3) is 0.231. The Morgan fingerprint density at radius 1 is 0.895 bits per heavy atom. The lowest BCUT2D eigenvalue weighted by atomic mass is 10.1. The number of anilines is 1. The lowest BCUT2D eigenvalue weighted by molar-refractivity contribution is -0.140. The maximum atomic E-state index is 13.9. The van der Waals surface area contributed by atoms with Crippen LogP contribution >= 0.6 is 46.4 Å². The van der Waals surface area contributed by atoms with Crippen molar-refractivity contribution in [1.82, 2.24) is 10.2 Å². The second-order valence-electron chi connectivity index (χ2n) is 8.18. The molecule has 7 nitrogen and oxygen atoms in total. The van der Waals surface area contributed by atoms with Gasteiger partial charge in [-0.05, 0) is 48.9 Å². The van der Waals surface area contributed by atoms with Crippen LogP contribution in [0.2, 0.25) is 20.1 Å². The lowest BCUT2D eigenvalue weighted by Crippen LogP contribution is -2.51. The summed E-state index contributed by atoms with van der Waals surface area (Å²) in [6.45, 7) is 0.930. The van der Waals surface area contributed by atoms with Gasteiger partial charge in [0.2, 0.25) is 11.8 Å². The summed E-state index contributed by atoms with van der Waals surface area (Å²) in [5, 5.41) is 3.45. The van der Waals surface area contributed by atoms with E-state index in [0.29, 0.717) is 15.6 Å². The number of amides is 2. The van der Waals surface area contributed by atoms with Crippen LogP contribution in [0.3, 0.4) is 0 Å². The van der Waals surface area contributed by atoms with Crippen molar-refractivity contribution in [1.29, 1.82) is 0 Å². The first-order chi connectivity index (χ1) is 18.0. The van der Waals surface area contributed by atoms with Gasteiger partial charge in [-0.15, -0.1) is 0 Å². The minimum atomic E-state index is -4.28. The van der Waals surface area contributed by atoms with Gasteiger partial charge in [0.05, 0.1) is 15.6 Å². The molecule has 202 valence electrons. The third-order valence-electron chi connectivity index (χ3n) is 5.81. The molecule has 0 saturated carbocycles. The number of sulfonamides is 1. The third-order valence-corrected chi connectivity index (χ3v) is 8.85. The zero-order valence-electron chi connectivity index (χ0n) is 20.5. The molecule has 0 heterocycles. The molecule has 38 heavy (non-hydrogen) atoms. The highest BCUT2D eigenvalue weighted by molar-refractivity contribution is 7.92. The highest BCUT2D eigenvalue weighted by Gasteiger charge is 2.34. The van der Waals surface area contributed by atoms with E-state index in [1.54, 1.807) is 43.3 Å². The van der Waals surface area contributed by atoms with Crippen LogP contribution in [-0.4, -0.2) is 44.8 Å². The summed E-state index contributed by atoms with van der Waals surface area (Å²) >= 11 is 25.3. The molecule has 0 aliphatic heterocycles. The quantitative estimate of drug-likeness (QED) is 0.300. The van der Waals surface area contributed by atoms with Crippen LogP contribution in [0.5, 0.6) is 0 Å². The van der Waals surface area contributed by atoms with Crippen molar-refractivity contribution in [3.8, 4) is 0 Å². The molecule has 0 aromatic heterocycles. The Morgan fingerprint density at radius 3 is 2.11 bits per heavy atom. The van der Waals surface area contributed by atoms with Gasteiger partial charge in [-0.3, -0.25) is 13.9 Å². The minimum Gasteiger partial charge on any atom is -0.357 e. The summed E-state index contributed by atoms with van der Waals surface area (Å²) in [4.78, 5) is 27.9. The molecule has 1 unspecified atom stereocenters. The van der Waals surface area contributed by atoms with Crippen molar-refractivity contribution in [2.75, 3.05) is 17.9 Å². The molecule has 0 bridgehead atoms. The van der Waals surface area contributed by atoms with E-state index in [1.807, 2.05) is 0 Å². The Hall–Kier alpha value is -2.49. The number of carbonyl (C=O) groups excluding carboxylic acids is 2. The largest absolute Gasteiger partial charge is 0.357 e. The Balaban J connectivity index is 2.13. The number of carbonyl (C=O) groups is 2. The number of nitrogens with one attached hydrogen (secondary N) is 1. The van der Waals surface area contributed by atoms with Gasteiger partial charge >= 0.3 is 0 Å². The average molecular weight is 617 g/mol. The first-order valence-corrected chi connectivity index (χ1v) is 14.4. The predicted octanol–water partition coefficient (Wildman–Crippen LogP) is 6.05. The van der Waals surface area contributed by atoms with Crippen LogP contribution in [0, 0.1) is 0 Å². The van der Waals surface area contributed by atoms with Gasteiger partial charge in [-0.25, -0.2) is 8.42 Å². The Bertz CT molecular complexity index is 1400. The smallest absolute Gasteiger partial charge is 0.264 e. The van der Waals surface area contributed by atoms with Crippen molar-refractivity contribution < 1.29 is 18.0 Å². The van der Waals surface area contributed by atoms with E-state index in [4.69, 9.17) is 46.4 Å². The SMILES string of the molecule is CCC(C(=O)NC)N(Cc1c(Cl)cccc1Cl)C(=O)CN(c1cc(Cl)ccc1Cl)S(=O)(=O)c1ccccc1. The van der Waals surface area contributed by atoms with Gasteiger partial charge in [0, 0.05) is 34.2 Å².